The predicted molar refractivity (Wildman–Crippen MR) is 104 cm³/mol. The van der Waals surface area contributed by atoms with Crippen LogP contribution in [0, 0.1) is 5.92 Å². The van der Waals surface area contributed by atoms with E-state index in [1.165, 1.54) is 10.6 Å². The number of nitrogens with zero attached hydrogens (tertiary/aromatic N) is 4. The first kappa shape index (κ1) is 20.8. The minimum atomic E-state index is -3.44. The Morgan fingerprint density at radius 3 is 2.71 bits per heavy atom. The van der Waals surface area contributed by atoms with Gasteiger partial charge in [-0.15, -0.1) is 0 Å². The van der Waals surface area contributed by atoms with E-state index in [1.807, 2.05) is 6.92 Å². The van der Waals surface area contributed by atoms with E-state index in [1.54, 1.807) is 21.8 Å². The third-order valence-corrected chi connectivity index (χ3v) is 6.88. The van der Waals surface area contributed by atoms with Crippen molar-refractivity contribution in [1.29, 1.82) is 0 Å². The molecule has 1 saturated heterocycles. The molecule has 2 fully saturated rings. The van der Waals surface area contributed by atoms with Crippen molar-refractivity contribution < 1.29 is 18.0 Å². The maximum absolute atomic E-state index is 12.8. The first-order valence-corrected chi connectivity index (χ1v) is 11.7. The highest BCUT2D eigenvalue weighted by molar-refractivity contribution is 7.88. The Kier molecular flexibility index (Phi) is 6.39. The molecule has 9 nitrogen and oxygen atoms in total. The van der Waals surface area contributed by atoms with Crippen molar-refractivity contribution in [2.75, 3.05) is 32.4 Å². The van der Waals surface area contributed by atoms with E-state index < -0.39 is 10.0 Å². The number of hydrogen-bond acceptors (Lipinski definition) is 5. The Morgan fingerprint density at radius 1 is 1.25 bits per heavy atom. The summed E-state index contributed by atoms with van der Waals surface area (Å²) in [6.45, 7) is 4.06. The zero-order valence-electron chi connectivity index (χ0n) is 16.5. The van der Waals surface area contributed by atoms with Gasteiger partial charge in [0.1, 0.15) is 5.69 Å². The highest BCUT2D eigenvalue weighted by atomic mass is 32.2. The zero-order chi connectivity index (χ0) is 20.3. The number of amides is 2. The van der Waals surface area contributed by atoms with Crippen LogP contribution in [0.5, 0.6) is 0 Å². The van der Waals surface area contributed by atoms with Gasteiger partial charge in [0.15, 0.2) is 0 Å². The second-order valence-corrected chi connectivity index (χ2v) is 9.41. The smallest absolute Gasteiger partial charge is 0.274 e. The largest absolute Gasteiger partial charge is 0.354 e. The van der Waals surface area contributed by atoms with Gasteiger partial charge in [0, 0.05) is 45.0 Å². The molecular weight excluding hydrogens is 382 g/mol. The van der Waals surface area contributed by atoms with Crippen molar-refractivity contribution in [3.8, 4) is 0 Å². The fraction of sp³-hybridized carbons (Fsp3) is 0.722. The number of carbonyl (C=O) groups excluding carboxylic acids is 2. The maximum atomic E-state index is 12.8. The van der Waals surface area contributed by atoms with Crippen LogP contribution in [0.15, 0.2) is 12.3 Å². The molecule has 1 aromatic heterocycles. The minimum Gasteiger partial charge on any atom is -0.354 e. The number of rotatable bonds is 3. The van der Waals surface area contributed by atoms with Gasteiger partial charge in [-0.2, -0.15) is 9.40 Å². The Morgan fingerprint density at radius 2 is 2.04 bits per heavy atom. The van der Waals surface area contributed by atoms with Crippen molar-refractivity contribution in [2.45, 2.75) is 45.2 Å². The standard InChI is InChI=1S/C18H29N5O4S/c1-3-22-12-8-15(20-22)18(25)21-10-5-11-23(28(2,26)27)16-7-4-6-14(16)17(24)19-9-13-21/h8,12,14,16H,3-7,9-11,13H2,1-2H3,(H,19,24)/t14-,16+/m1/s1. The first-order chi connectivity index (χ1) is 13.3. The molecule has 156 valence electrons. The second-order valence-electron chi connectivity index (χ2n) is 7.47. The summed E-state index contributed by atoms with van der Waals surface area (Å²) in [6.07, 6.45) is 5.71. The Hall–Kier alpha value is -1.94. The van der Waals surface area contributed by atoms with Crippen LogP contribution in [0.2, 0.25) is 0 Å². The van der Waals surface area contributed by atoms with Crippen molar-refractivity contribution >= 4 is 21.8 Å². The maximum Gasteiger partial charge on any atom is 0.274 e. The third-order valence-electron chi connectivity index (χ3n) is 5.57. The highest BCUT2D eigenvalue weighted by Crippen LogP contribution is 2.32. The average Bonchev–Trinajstić information content (AvgIpc) is 3.30. The SMILES string of the molecule is CCn1ccc(C(=O)N2CCCN(S(C)(=O)=O)[C@H]3CCC[C@H]3C(=O)NCC2)n1. The summed E-state index contributed by atoms with van der Waals surface area (Å²) in [7, 11) is -3.44. The molecule has 1 aliphatic heterocycles. The molecule has 0 aromatic carbocycles. The van der Waals surface area contributed by atoms with Crippen molar-refractivity contribution in [3.05, 3.63) is 18.0 Å². The van der Waals surface area contributed by atoms with E-state index in [0.29, 0.717) is 57.7 Å². The van der Waals surface area contributed by atoms with E-state index in [0.717, 1.165) is 6.42 Å². The molecule has 10 heteroatoms. The van der Waals surface area contributed by atoms with Gasteiger partial charge in [-0.25, -0.2) is 8.42 Å². The molecule has 1 saturated carbocycles. The Bertz CT molecular complexity index is 822. The molecule has 2 aliphatic rings. The fourth-order valence-corrected chi connectivity index (χ4v) is 5.36. The summed E-state index contributed by atoms with van der Waals surface area (Å²) in [5.74, 6) is -0.648. The van der Waals surface area contributed by atoms with E-state index in [9.17, 15) is 18.0 Å². The van der Waals surface area contributed by atoms with Gasteiger partial charge in [-0.1, -0.05) is 6.42 Å². The zero-order valence-corrected chi connectivity index (χ0v) is 17.3. The number of sulfonamides is 1. The lowest BCUT2D eigenvalue weighted by Crippen LogP contribution is -2.47. The van der Waals surface area contributed by atoms with Gasteiger partial charge < -0.3 is 10.2 Å². The molecule has 3 rings (SSSR count). The number of aryl methyl sites for hydroxylation is 1. The fourth-order valence-electron chi connectivity index (χ4n) is 4.16. The molecule has 0 spiro atoms. The normalized spacial score (nSPS) is 25.1. The van der Waals surface area contributed by atoms with Crippen LogP contribution in [0.3, 0.4) is 0 Å². The van der Waals surface area contributed by atoms with Gasteiger partial charge in [0.05, 0.1) is 12.2 Å². The molecule has 1 aliphatic carbocycles. The van der Waals surface area contributed by atoms with Gasteiger partial charge in [-0.05, 0) is 32.3 Å². The predicted octanol–water partition coefficient (Wildman–Crippen LogP) is 0.295. The molecule has 28 heavy (non-hydrogen) atoms. The summed E-state index contributed by atoms with van der Waals surface area (Å²) in [4.78, 5) is 27.1. The first-order valence-electron chi connectivity index (χ1n) is 9.88. The molecule has 2 amide bonds. The summed E-state index contributed by atoms with van der Waals surface area (Å²) >= 11 is 0. The summed E-state index contributed by atoms with van der Waals surface area (Å²) in [5.41, 5.74) is 0.361. The molecule has 2 heterocycles. The highest BCUT2D eigenvalue weighted by Gasteiger charge is 2.40. The molecule has 0 bridgehead atoms. The minimum absolute atomic E-state index is 0.124. The van der Waals surface area contributed by atoms with Crippen LogP contribution in [-0.2, 0) is 21.4 Å². The van der Waals surface area contributed by atoms with Crippen LogP contribution in [0.4, 0.5) is 0 Å². The number of nitrogens with one attached hydrogen (secondary N) is 1. The van der Waals surface area contributed by atoms with E-state index in [-0.39, 0.29) is 23.8 Å². The third kappa shape index (κ3) is 4.54. The van der Waals surface area contributed by atoms with E-state index in [2.05, 4.69) is 10.4 Å². The quantitative estimate of drug-likeness (QED) is 0.770. The molecule has 1 N–H and O–H groups in total. The van der Waals surface area contributed by atoms with E-state index in [4.69, 9.17) is 0 Å². The van der Waals surface area contributed by atoms with Gasteiger partial charge in [0.25, 0.3) is 5.91 Å². The summed E-state index contributed by atoms with van der Waals surface area (Å²) < 4.78 is 27.9. The lowest BCUT2D eigenvalue weighted by molar-refractivity contribution is -0.125. The average molecular weight is 412 g/mol. The molecule has 2 atom stereocenters. The van der Waals surface area contributed by atoms with Crippen LogP contribution in [0.1, 0.15) is 43.1 Å². The van der Waals surface area contributed by atoms with Crippen molar-refractivity contribution in [3.63, 3.8) is 0 Å². The van der Waals surface area contributed by atoms with Crippen LogP contribution >= 0.6 is 0 Å². The molecular formula is C18H29N5O4S. The van der Waals surface area contributed by atoms with Crippen LogP contribution < -0.4 is 5.32 Å². The molecule has 0 unspecified atom stereocenters. The van der Waals surface area contributed by atoms with Crippen LogP contribution in [0.25, 0.3) is 0 Å². The van der Waals surface area contributed by atoms with Crippen molar-refractivity contribution in [2.24, 2.45) is 5.92 Å². The van der Waals surface area contributed by atoms with Crippen LogP contribution in [-0.4, -0.2) is 77.7 Å². The number of hydrogen-bond donors (Lipinski definition) is 1. The number of carbonyl (C=O) groups is 2. The van der Waals surface area contributed by atoms with E-state index >= 15 is 0 Å². The Balaban J connectivity index is 1.78. The lowest BCUT2D eigenvalue weighted by Gasteiger charge is -2.30. The lowest BCUT2D eigenvalue weighted by atomic mass is 10.0. The van der Waals surface area contributed by atoms with Gasteiger partial charge >= 0.3 is 0 Å². The molecule has 0 radical (unpaired) electrons. The molecule has 1 aromatic rings. The number of fused-ring (bicyclic) bond motifs is 1. The van der Waals surface area contributed by atoms with Gasteiger partial charge in [-0.3, -0.25) is 14.3 Å². The second kappa shape index (κ2) is 8.60. The van der Waals surface area contributed by atoms with Crippen molar-refractivity contribution in [1.82, 2.24) is 24.3 Å². The Labute approximate surface area is 166 Å². The number of aromatic nitrogens is 2. The van der Waals surface area contributed by atoms with Gasteiger partial charge in [0.2, 0.25) is 15.9 Å². The monoisotopic (exact) mass is 411 g/mol. The topological polar surface area (TPSA) is 105 Å². The summed E-state index contributed by atoms with van der Waals surface area (Å²) in [6, 6.07) is 1.39. The summed E-state index contributed by atoms with van der Waals surface area (Å²) in [5, 5.41) is 7.16.